The van der Waals surface area contributed by atoms with Crippen molar-refractivity contribution in [2.75, 3.05) is 18.8 Å². The molecule has 110 valence electrons. The van der Waals surface area contributed by atoms with E-state index in [0.29, 0.717) is 31.5 Å². The summed E-state index contributed by atoms with van der Waals surface area (Å²) in [5.41, 5.74) is 1.67. The lowest BCUT2D eigenvalue weighted by atomic mass is 10.1. The fourth-order valence-electron chi connectivity index (χ4n) is 2.64. The van der Waals surface area contributed by atoms with E-state index in [1.165, 1.54) is 0 Å². The van der Waals surface area contributed by atoms with Gasteiger partial charge in [-0.05, 0) is 31.4 Å². The van der Waals surface area contributed by atoms with Crippen molar-refractivity contribution in [3.63, 3.8) is 0 Å². The lowest BCUT2D eigenvalue weighted by molar-refractivity contribution is 0.0725. The van der Waals surface area contributed by atoms with Crippen molar-refractivity contribution in [3.05, 3.63) is 35.4 Å². The maximum atomic E-state index is 12.4. The topological polar surface area (TPSA) is 54.5 Å². The molecule has 20 heavy (non-hydrogen) atoms. The van der Waals surface area contributed by atoms with Crippen LogP contribution in [0.5, 0.6) is 0 Å². The van der Waals surface area contributed by atoms with E-state index in [4.69, 9.17) is 0 Å². The van der Waals surface area contributed by atoms with Gasteiger partial charge >= 0.3 is 0 Å². The predicted molar refractivity (Wildman–Crippen MR) is 79.6 cm³/mol. The van der Waals surface area contributed by atoms with Gasteiger partial charge in [-0.2, -0.15) is 0 Å². The Kier molecular flexibility index (Phi) is 4.48. The molecule has 5 heteroatoms. The van der Waals surface area contributed by atoms with E-state index in [1.54, 1.807) is 11.8 Å². The minimum atomic E-state index is -2.98. The van der Waals surface area contributed by atoms with E-state index in [0.717, 1.165) is 5.56 Å². The Morgan fingerprint density at radius 3 is 2.40 bits per heavy atom. The zero-order valence-corrected chi connectivity index (χ0v) is 12.8. The highest BCUT2D eigenvalue weighted by Crippen LogP contribution is 2.21. The number of hydrogen-bond acceptors (Lipinski definition) is 3. The van der Waals surface area contributed by atoms with Crippen LogP contribution in [0.15, 0.2) is 24.3 Å². The van der Waals surface area contributed by atoms with Gasteiger partial charge < -0.3 is 4.90 Å². The molecule has 0 aromatic heterocycles. The number of aryl methyl sites for hydroxylation is 1. The Hall–Kier alpha value is -1.36. The molecule has 1 aromatic rings. The molecule has 0 spiro atoms. The van der Waals surface area contributed by atoms with Gasteiger partial charge in [0.2, 0.25) is 0 Å². The van der Waals surface area contributed by atoms with Gasteiger partial charge in [0.05, 0.1) is 5.25 Å². The second-order valence-corrected chi connectivity index (χ2v) is 7.83. The molecule has 0 atom stereocenters. The number of sulfone groups is 1. The van der Waals surface area contributed by atoms with Gasteiger partial charge in [0.25, 0.3) is 5.91 Å². The molecule has 0 bridgehead atoms. The summed E-state index contributed by atoms with van der Waals surface area (Å²) in [5, 5.41) is -0.284. The first-order chi connectivity index (χ1) is 9.45. The molecule has 0 unspecified atom stereocenters. The van der Waals surface area contributed by atoms with Crippen molar-refractivity contribution in [1.29, 1.82) is 0 Å². The molecule has 1 heterocycles. The van der Waals surface area contributed by atoms with Gasteiger partial charge in [0, 0.05) is 24.4 Å². The summed E-state index contributed by atoms with van der Waals surface area (Å²) in [5.74, 6) is 0.194. The van der Waals surface area contributed by atoms with Crippen LogP contribution in [0.25, 0.3) is 0 Å². The molecule has 1 saturated heterocycles. The zero-order chi connectivity index (χ0) is 14.8. The number of piperidine rings is 1. The Bertz CT molecular complexity index is 587. The summed E-state index contributed by atoms with van der Waals surface area (Å²) in [7, 11) is -2.98. The fraction of sp³-hybridized carbons (Fsp3) is 0.533. The number of amides is 1. The molecule has 0 aliphatic carbocycles. The third-order valence-electron chi connectivity index (χ3n) is 4.01. The largest absolute Gasteiger partial charge is 0.339 e. The van der Waals surface area contributed by atoms with Crippen LogP contribution >= 0.6 is 0 Å². The van der Waals surface area contributed by atoms with Crippen LogP contribution in [0.3, 0.4) is 0 Å². The summed E-state index contributed by atoms with van der Waals surface area (Å²) >= 11 is 0. The standard InChI is InChI=1S/C15H21NO3S/c1-3-20(18,19)13-8-10-16(11-9-13)15(17)14-7-5-4-6-12(14)2/h4-7,13H,3,8-11H2,1-2H3. The van der Waals surface area contributed by atoms with Crippen LogP contribution in [0.2, 0.25) is 0 Å². The third-order valence-corrected chi connectivity index (χ3v) is 6.31. The van der Waals surface area contributed by atoms with Crippen molar-refractivity contribution in [2.24, 2.45) is 0 Å². The Morgan fingerprint density at radius 1 is 1.25 bits per heavy atom. The third kappa shape index (κ3) is 3.03. The minimum Gasteiger partial charge on any atom is -0.339 e. The average Bonchev–Trinajstić information content (AvgIpc) is 2.47. The molecule has 0 N–H and O–H groups in total. The molecule has 1 amide bonds. The molecular weight excluding hydrogens is 274 g/mol. The van der Waals surface area contributed by atoms with Crippen LogP contribution < -0.4 is 0 Å². The number of rotatable bonds is 3. The number of nitrogens with zero attached hydrogens (tertiary/aromatic N) is 1. The van der Waals surface area contributed by atoms with Gasteiger partial charge in [0.15, 0.2) is 9.84 Å². The van der Waals surface area contributed by atoms with Gasteiger partial charge in [-0.25, -0.2) is 8.42 Å². The lowest BCUT2D eigenvalue weighted by Gasteiger charge is -2.32. The second kappa shape index (κ2) is 5.95. The molecule has 2 rings (SSSR count). The Balaban J connectivity index is 2.05. The molecule has 1 aliphatic heterocycles. The minimum absolute atomic E-state index is 0.00967. The number of carbonyl (C=O) groups is 1. The summed E-state index contributed by atoms with van der Waals surface area (Å²) < 4.78 is 23.7. The first-order valence-electron chi connectivity index (χ1n) is 7.02. The summed E-state index contributed by atoms with van der Waals surface area (Å²) in [6.07, 6.45) is 1.10. The molecule has 0 radical (unpaired) electrons. The zero-order valence-electron chi connectivity index (χ0n) is 12.0. The van der Waals surface area contributed by atoms with Crippen LogP contribution in [-0.2, 0) is 9.84 Å². The van der Waals surface area contributed by atoms with E-state index in [-0.39, 0.29) is 16.9 Å². The van der Waals surface area contributed by atoms with E-state index in [1.807, 2.05) is 31.2 Å². The molecule has 4 nitrogen and oxygen atoms in total. The van der Waals surface area contributed by atoms with E-state index < -0.39 is 9.84 Å². The first kappa shape index (κ1) is 15.0. The average molecular weight is 295 g/mol. The quantitative estimate of drug-likeness (QED) is 0.857. The highest BCUT2D eigenvalue weighted by Gasteiger charge is 2.30. The smallest absolute Gasteiger partial charge is 0.254 e. The van der Waals surface area contributed by atoms with E-state index in [2.05, 4.69) is 0 Å². The van der Waals surface area contributed by atoms with Crippen molar-refractivity contribution in [1.82, 2.24) is 4.90 Å². The van der Waals surface area contributed by atoms with Gasteiger partial charge in [-0.15, -0.1) is 0 Å². The maximum Gasteiger partial charge on any atom is 0.254 e. The monoisotopic (exact) mass is 295 g/mol. The Labute approximate surface area is 120 Å². The lowest BCUT2D eigenvalue weighted by Crippen LogP contribution is -2.43. The predicted octanol–water partition coefficient (Wildman–Crippen LogP) is 2.03. The summed E-state index contributed by atoms with van der Waals surface area (Å²) in [4.78, 5) is 14.2. The maximum absolute atomic E-state index is 12.4. The van der Waals surface area contributed by atoms with E-state index >= 15 is 0 Å². The fourth-order valence-corrected chi connectivity index (χ4v) is 4.04. The van der Waals surface area contributed by atoms with Crippen molar-refractivity contribution >= 4 is 15.7 Å². The highest BCUT2D eigenvalue weighted by molar-refractivity contribution is 7.92. The van der Waals surface area contributed by atoms with Gasteiger partial charge in [-0.3, -0.25) is 4.79 Å². The Morgan fingerprint density at radius 2 is 1.85 bits per heavy atom. The van der Waals surface area contributed by atoms with Gasteiger partial charge in [0.1, 0.15) is 0 Å². The van der Waals surface area contributed by atoms with Gasteiger partial charge in [-0.1, -0.05) is 25.1 Å². The van der Waals surface area contributed by atoms with Crippen LogP contribution in [-0.4, -0.2) is 43.3 Å². The van der Waals surface area contributed by atoms with Crippen molar-refractivity contribution < 1.29 is 13.2 Å². The van der Waals surface area contributed by atoms with Crippen LogP contribution in [0.1, 0.15) is 35.7 Å². The SMILES string of the molecule is CCS(=O)(=O)C1CCN(C(=O)c2ccccc2C)CC1. The number of carbonyl (C=O) groups excluding carboxylic acids is 1. The number of hydrogen-bond donors (Lipinski definition) is 0. The summed E-state index contributed by atoms with van der Waals surface area (Å²) in [6.45, 7) is 4.65. The molecule has 0 saturated carbocycles. The molecular formula is C15H21NO3S. The number of benzene rings is 1. The number of likely N-dealkylation sites (tertiary alicyclic amines) is 1. The van der Waals surface area contributed by atoms with Crippen LogP contribution in [0, 0.1) is 6.92 Å². The highest BCUT2D eigenvalue weighted by atomic mass is 32.2. The molecule has 1 aromatic carbocycles. The van der Waals surface area contributed by atoms with Crippen molar-refractivity contribution in [2.45, 2.75) is 31.9 Å². The van der Waals surface area contributed by atoms with Crippen LogP contribution in [0.4, 0.5) is 0 Å². The summed E-state index contributed by atoms with van der Waals surface area (Å²) in [6, 6.07) is 7.51. The molecule has 1 aliphatic rings. The first-order valence-corrected chi connectivity index (χ1v) is 8.73. The van der Waals surface area contributed by atoms with Crippen molar-refractivity contribution in [3.8, 4) is 0 Å². The second-order valence-electron chi connectivity index (χ2n) is 5.26. The molecule has 1 fully saturated rings. The normalized spacial score (nSPS) is 17.2. The van der Waals surface area contributed by atoms with E-state index in [9.17, 15) is 13.2 Å².